The molecule has 3 nitrogen and oxygen atoms in total. The van der Waals surface area contributed by atoms with Crippen LogP contribution < -0.4 is 5.32 Å². The lowest BCUT2D eigenvalue weighted by molar-refractivity contribution is 0.0296. The molecule has 1 aliphatic rings. The molecule has 0 fully saturated rings. The minimum atomic E-state index is 0.166. The topological polar surface area (TPSA) is 34.1 Å². The van der Waals surface area contributed by atoms with Gasteiger partial charge in [-0.3, -0.25) is 0 Å². The SMILES string of the molecule is CNC(CC1OCCc2ccccc21)c1csc(C)n1. The Kier molecular flexibility index (Phi) is 4.15. The summed E-state index contributed by atoms with van der Waals surface area (Å²) >= 11 is 1.70. The molecule has 106 valence electrons. The van der Waals surface area contributed by atoms with Gasteiger partial charge in [0.1, 0.15) is 0 Å². The first-order chi connectivity index (χ1) is 9.78. The minimum Gasteiger partial charge on any atom is -0.373 e. The molecule has 3 rings (SSSR count). The number of hydrogen-bond donors (Lipinski definition) is 1. The van der Waals surface area contributed by atoms with E-state index in [2.05, 4.69) is 39.9 Å². The largest absolute Gasteiger partial charge is 0.373 e. The van der Waals surface area contributed by atoms with Crippen molar-refractivity contribution in [2.75, 3.05) is 13.7 Å². The highest BCUT2D eigenvalue weighted by Gasteiger charge is 2.25. The van der Waals surface area contributed by atoms with Gasteiger partial charge in [0, 0.05) is 5.38 Å². The van der Waals surface area contributed by atoms with E-state index in [1.807, 2.05) is 14.0 Å². The third-order valence-electron chi connectivity index (χ3n) is 3.88. The molecule has 1 aromatic carbocycles. The third kappa shape index (κ3) is 2.77. The maximum atomic E-state index is 6.00. The molecule has 0 saturated heterocycles. The van der Waals surface area contributed by atoms with Gasteiger partial charge in [-0.2, -0.15) is 0 Å². The number of rotatable bonds is 4. The second kappa shape index (κ2) is 6.04. The van der Waals surface area contributed by atoms with Crippen LogP contribution in [0.4, 0.5) is 0 Å². The van der Waals surface area contributed by atoms with Crippen LogP contribution in [0.2, 0.25) is 0 Å². The van der Waals surface area contributed by atoms with Crippen molar-refractivity contribution >= 4 is 11.3 Å². The predicted molar refractivity (Wildman–Crippen MR) is 82.1 cm³/mol. The van der Waals surface area contributed by atoms with Crippen LogP contribution in [0.15, 0.2) is 29.6 Å². The number of ether oxygens (including phenoxy) is 1. The zero-order chi connectivity index (χ0) is 13.9. The van der Waals surface area contributed by atoms with Gasteiger partial charge in [0.15, 0.2) is 0 Å². The Balaban J connectivity index is 1.80. The lowest BCUT2D eigenvalue weighted by Crippen LogP contribution is -2.24. The Hall–Kier alpha value is -1.23. The molecule has 0 radical (unpaired) electrons. The van der Waals surface area contributed by atoms with Crippen molar-refractivity contribution in [3.8, 4) is 0 Å². The van der Waals surface area contributed by atoms with E-state index >= 15 is 0 Å². The summed E-state index contributed by atoms with van der Waals surface area (Å²) in [5, 5.41) is 6.63. The minimum absolute atomic E-state index is 0.166. The summed E-state index contributed by atoms with van der Waals surface area (Å²) in [6.07, 6.45) is 2.11. The second-order valence-corrected chi connectivity index (χ2v) is 6.24. The van der Waals surface area contributed by atoms with Gasteiger partial charge in [0.2, 0.25) is 0 Å². The van der Waals surface area contributed by atoms with Crippen LogP contribution in [0.3, 0.4) is 0 Å². The molecular formula is C16H20N2OS. The molecular weight excluding hydrogens is 268 g/mol. The number of thiazole rings is 1. The van der Waals surface area contributed by atoms with Crippen LogP contribution in [-0.4, -0.2) is 18.6 Å². The fourth-order valence-corrected chi connectivity index (χ4v) is 3.48. The molecule has 0 bridgehead atoms. The monoisotopic (exact) mass is 288 g/mol. The first-order valence-electron chi connectivity index (χ1n) is 7.06. The first-order valence-corrected chi connectivity index (χ1v) is 7.94. The number of hydrogen-bond acceptors (Lipinski definition) is 4. The van der Waals surface area contributed by atoms with Crippen LogP contribution in [0.1, 0.15) is 40.4 Å². The zero-order valence-electron chi connectivity index (χ0n) is 11.9. The van der Waals surface area contributed by atoms with Gasteiger partial charge in [-0.25, -0.2) is 4.98 Å². The zero-order valence-corrected chi connectivity index (χ0v) is 12.7. The molecule has 0 spiro atoms. The van der Waals surface area contributed by atoms with Gasteiger partial charge in [-0.05, 0) is 37.9 Å². The lowest BCUT2D eigenvalue weighted by atomic mass is 9.93. The third-order valence-corrected chi connectivity index (χ3v) is 4.68. The Morgan fingerprint density at radius 1 is 1.45 bits per heavy atom. The second-order valence-electron chi connectivity index (χ2n) is 5.18. The van der Waals surface area contributed by atoms with Gasteiger partial charge in [0.25, 0.3) is 0 Å². The summed E-state index contributed by atoms with van der Waals surface area (Å²) in [7, 11) is 1.99. The molecule has 0 aliphatic carbocycles. The fraction of sp³-hybridized carbons (Fsp3) is 0.438. The Labute approximate surface area is 124 Å². The van der Waals surface area contributed by atoms with Crippen LogP contribution in [0.25, 0.3) is 0 Å². The van der Waals surface area contributed by atoms with Crippen molar-refractivity contribution in [3.63, 3.8) is 0 Å². The van der Waals surface area contributed by atoms with E-state index in [4.69, 9.17) is 4.74 Å². The number of aromatic nitrogens is 1. The van der Waals surface area contributed by atoms with Crippen molar-refractivity contribution in [2.45, 2.75) is 31.9 Å². The molecule has 1 aliphatic heterocycles. The van der Waals surface area contributed by atoms with Crippen molar-refractivity contribution in [1.29, 1.82) is 0 Å². The molecule has 2 atom stereocenters. The molecule has 1 aromatic heterocycles. The summed E-state index contributed by atoms with van der Waals surface area (Å²) in [4.78, 5) is 4.60. The maximum Gasteiger partial charge on any atom is 0.0898 e. The maximum absolute atomic E-state index is 6.00. The van der Waals surface area contributed by atoms with Gasteiger partial charge in [-0.1, -0.05) is 24.3 Å². The number of nitrogens with one attached hydrogen (secondary N) is 1. The molecule has 0 saturated carbocycles. The average molecular weight is 288 g/mol. The summed E-state index contributed by atoms with van der Waals surface area (Å²) in [5.41, 5.74) is 3.89. The van der Waals surface area contributed by atoms with Crippen molar-refractivity contribution in [1.82, 2.24) is 10.3 Å². The fourth-order valence-electron chi connectivity index (χ4n) is 2.81. The highest BCUT2D eigenvalue weighted by atomic mass is 32.1. The molecule has 4 heteroatoms. The summed E-state index contributed by atoms with van der Waals surface area (Å²) in [5.74, 6) is 0. The first kappa shape index (κ1) is 13.7. The van der Waals surface area contributed by atoms with E-state index in [0.717, 1.165) is 30.2 Å². The van der Waals surface area contributed by atoms with E-state index in [-0.39, 0.29) is 12.1 Å². The Bertz CT molecular complexity index is 581. The predicted octanol–water partition coefficient (Wildman–Crippen LogP) is 3.42. The molecule has 1 N–H and O–H groups in total. The summed E-state index contributed by atoms with van der Waals surface area (Å²) in [6.45, 7) is 2.86. The van der Waals surface area contributed by atoms with E-state index in [9.17, 15) is 0 Å². The van der Waals surface area contributed by atoms with Gasteiger partial charge >= 0.3 is 0 Å². The van der Waals surface area contributed by atoms with E-state index in [1.165, 1.54) is 11.1 Å². The number of nitrogens with zero attached hydrogens (tertiary/aromatic N) is 1. The van der Waals surface area contributed by atoms with E-state index in [0.29, 0.717) is 0 Å². The smallest absolute Gasteiger partial charge is 0.0898 e. The summed E-state index contributed by atoms with van der Waals surface area (Å²) in [6, 6.07) is 8.86. The van der Waals surface area contributed by atoms with Crippen LogP contribution in [-0.2, 0) is 11.2 Å². The van der Waals surface area contributed by atoms with E-state index in [1.54, 1.807) is 11.3 Å². The lowest BCUT2D eigenvalue weighted by Gasteiger charge is -2.28. The standard InChI is InChI=1S/C16H20N2OS/c1-11-18-15(10-20-11)14(17-2)9-16-13-6-4-3-5-12(13)7-8-19-16/h3-6,10,14,16-17H,7-9H2,1-2H3. The number of benzene rings is 1. The molecule has 2 unspecified atom stereocenters. The highest BCUT2D eigenvalue weighted by molar-refractivity contribution is 7.09. The van der Waals surface area contributed by atoms with Gasteiger partial charge in [0.05, 0.1) is 29.5 Å². The summed E-state index contributed by atoms with van der Waals surface area (Å²) < 4.78 is 6.00. The molecule has 2 heterocycles. The average Bonchev–Trinajstić information content (AvgIpc) is 2.91. The molecule has 0 amide bonds. The van der Waals surface area contributed by atoms with Crippen molar-refractivity contribution in [3.05, 3.63) is 51.5 Å². The van der Waals surface area contributed by atoms with Crippen LogP contribution >= 0.6 is 11.3 Å². The number of aryl methyl sites for hydroxylation is 1. The van der Waals surface area contributed by atoms with E-state index < -0.39 is 0 Å². The Morgan fingerprint density at radius 3 is 3.05 bits per heavy atom. The van der Waals surface area contributed by atoms with Gasteiger partial charge < -0.3 is 10.1 Å². The normalized spacial score (nSPS) is 19.6. The molecule has 2 aromatic rings. The van der Waals surface area contributed by atoms with Crippen molar-refractivity contribution < 1.29 is 4.74 Å². The van der Waals surface area contributed by atoms with Crippen LogP contribution in [0.5, 0.6) is 0 Å². The quantitative estimate of drug-likeness (QED) is 0.936. The highest BCUT2D eigenvalue weighted by Crippen LogP contribution is 2.34. The number of fused-ring (bicyclic) bond motifs is 1. The Morgan fingerprint density at radius 2 is 2.30 bits per heavy atom. The van der Waals surface area contributed by atoms with Gasteiger partial charge in [-0.15, -0.1) is 11.3 Å². The van der Waals surface area contributed by atoms with Crippen LogP contribution in [0, 0.1) is 6.92 Å². The van der Waals surface area contributed by atoms with Crippen molar-refractivity contribution in [2.24, 2.45) is 0 Å². The molecule has 20 heavy (non-hydrogen) atoms.